The second-order valence-electron chi connectivity index (χ2n) is 5.41. The van der Waals surface area contributed by atoms with E-state index in [9.17, 15) is 9.59 Å². The number of nitrogens with zero attached hydrogens (tertiary/aromatic N) is 1. The second kappa shape index (κ2) is 6.98. The van der Waals surface area contributed by atoms with Crippen molar-refractivity contribution in [3.8, 4) is 0 Å². The Bertz CT molecular complexity index is 501. The van der Waals surface area contributed by atoms with E-state index in [0.717, 1.165) is 17.7 Å². The smallest absolute Gasteiger partial charge is 0.311 e. The first-order valence-corrected chi connectivity index (χ1v) is 6.57. The molecule has 0 aliphatic carbocycles. The molecule has 1 aromatic rings. The molecule has 0 amide bonds. The highest BCUT2D eigenvalue weighted by atomic mass is 16.5. The van der Waals surface area contributed by atoms with Gasteiger partial charge in [-0.1, -0.05) is 6.07 Å². The zero-order valence-corrected chi connectivity index (χ0v) is 12.5. The summed E-state index contributed by atoms with van der Waals surface area (Å²) >= 11 is 0. The van der Waals surface area contributed by atoms with Crippen molar-refractivity contribution in [1.29, 1.82) is 0 Å². The summed E-state index contributed by atoms with van der Waals surface area (Å²) in [6.07, 6.45) is 6.40. The molecule has 0 aromatic carbocycles. The number of allylic oxidation sites excluding steroid dienone is 1. The molecule has 1 rings (SSSR count). The topological polar surface area (TPSA) is 56.3 Å². The van der Waals surface area contributed by atoms with Crippen LogP contribution in [0.1, 0.15) is 38.4 Å². The summed E-state index contributed by atoms with van der Waals surface area (Å²) in [4.78, 5) is 26.7. The Kier molecular flexibility index (Phi) is 5.62. The summed E-state index contributed by atoms with van der Waals surface area (Å²) in [6.45, 7) is 5.24. The van der Waals surface area contributed by atoms with Gasteiger partial charge in [0.15, 0.2) is 5.78 Å². The van der Waals surface area contributed by atoms with Crippen LogP contribution in [0.3, 0.4) is 0 Å². The van der Waals surface area contributed by atoms with Gasteiger partial charge < -0.3 is 4.74 Å². The SMILES string of the molecule is COC(=O)C(C)(C)CCc1ccc(/C=C/C(C)=O)nc1. The average molecular weight is 275 g/mol. The highest BCUT2D eigenvalue weighted by Crippen LogP contribution is 2.24. The largest absolute Gasteiger partial charge is 0.469 e. The molecule has 0 saturated carbocycles. The van der Waals surface area contributed by atoms with E-state index in [2.05, 4.69) is 4.98 Å². The minimum Gasteiger partial charge on any atom is -0.469 e. The summed E-state index contributed by atoms with van der Waals surface area (Å²) in [7, 11) is 1.40. The second-order valence-corrected chi connectivity index (χ2v) is 5.41. The first kappa shape index (κ1) is 16.1. The van der Waals surface area contributed by atoms with Gasteiger partial charge in [0, 0.05) is 6.20 Å². The standard InChI is InChI=1S/C16H21NO3/c1-12(18)5-7-14-8-6-13(11-17-14)9-10-16(2,3)15(19)20-4/h5-8,11H,9-10H2,1-4H3/b7-5+. The molecule has 0 saturated heterocycles. The van der Waals surface area contributed by atoms with Crippen LogP contribution < -0.4 is 0 Å². The van der Waals surface area contributed by atoms with Crippen molar-refractivity contribution in [3.05, 3.63) is 35.7 Å². The van der Waals surface area contributed by atoms with Gasteiger partial charge in [0.25, 0.3) is 0 Å². The molecule has 4 nitrogen and oxygen atoms in total. The number of carbonyl (C=O) groups excluding carboxylic acids is 2. The molecule has 108 valence electrons. The lowest BCUT2D eigenvalue weighted by Crippen LogP contribution is -2.26. The van der Waals surface area contributed by atoms with Crippen molar-refractivity contribution in [2.45, 2.75) is 33.6 Å². The molecule has 1 aromatic heterocycles. The van der Waals surface area contributed by atoms with Crippen molar-refractivity contribution in [1.82, 2.24) is 4.98 Å². The van der Waals surface area contributed by atoms with Crippen LogP contribution in [-0.4, -0.2) is 23.8 Å². The Balaban J connectivity index is 2.62. The lowest BCUT2D eigenvalue weighted by Gasteiger charge is -2.21. The molecule has 4 heteroatoms. The number of ketones is 1. The predicted molar refractivity (Wildman–Crippen MR) is 78.1 cm³/mol. The van der Waals surface area contributed by atoms with E-state index in [-0.39, 0.29) is 11.8 Å². The van der Waals surface area contributed by atoms with Crippen molar-refractivity contribution in [3.63, 3.8) is 0 Å². The van der Waals surface area contributed by atoms with Crippen LogP contribution in [0.2, 0.25) is 0 Å². The predicted octanol–water partition coefficient (Wildman–Crippen LogP) is 2.82. The van der Waals surface area contributed by atoms with E-state index in [1.54, 1.807) is 12.3 Å². The fourth-order valence-electron chi connectivity index (χ4n) is 1.72. The minimum absolute atomic E-state index is 0.00398. The molecular weight excluding hydrogens is 254 g/mol. The molecule has 1 heterocycles. The number of hydrogen-bond acceptors (Lipinski definition) is 4. The summed E-state index contributed by atoms with van der Waals surface area (Å²) < 4.78 is 4.78. The molecule has 0 atom stereocenters. The quantitative estimate of drug-likeness (QED) is 0.591. The third kappa shape index (κ3) is 4.96. The van der Waals surface area contributed by atoms with Gasteiger partial charge in [0.05, 0.1) is 18.2 Å². The number of methoxy groups -OCH3 is 1. The normalized spacial score (nSPS) is 11.6. The van der Waals surface area contributed by atoms with Gasteiger partial charge in [-0.2, -0.15) is 0 Å². The zero-order valence-electron chi connectivity index (χ0n) is 12.5. The number of hydrogen-bond donors (Lipinski definition) is 0. The van der Waals surface area contributed by atoms with Crippen LogP contribution in [0.5, 0.6) is 0 Å². The number of aromatic nitrogens is 1. The maximum absolute atomic E-state index is 11.6. The molecule has 0 N–H and O–H groups in total. The van der Waals surface area contributed by atoms with Crippen molar-refractivity contribution < 1.29 is 14.3 Å². The monoisotopic (exact) mass is 275 g/mol. The molecule has 0 bridgehead atoms. The van der Waals surface area contributed by atoms with E-state index in [0.29, 0.717) is 6.42 Å². The van der Waals surface area contributed by atoms with Gasteiger partial charge in [-0.25, -0.2) is 0 Å². The van der Waals surface area contributed by atoms with Gasteiger partial charge in [0.1, 0.15) is 0 Å². The highest BCUT2D eigenvalue weighted by molar-refractivity contribution is 5.91. The van der Waals surface area contributed by atoms with Crippen molar-refractivity contribution in [2.75, 3.05) is 7.11 Å². The molecule has 20 heavy (non-hydrogen) atoms. The molecule has 0 spiro atoms. The van der Waals surface area contributed by atoms with E-state index >= 15 is 0 Å². The maximum Gasteiger partial charge on any atom is 0.311 e. The summed E-state index contributed by atoms with van der Waals surface area (Å²) in [5, 5.41) is 0. The van der Waals surface area contributed by atoms with Gasteiger partial charge in [-0.05, 0) is 57.4 Å². The van der Waals surface area contributed by atoms with E-state index in [4.69, 9.17) is 4.74 Å². The minimum atomic E-state index is -0.498. The maximum atomic E-state index is 11.6. The lowest BCUT2D eigenvalue weighted by atomic mass is 9.86. The van der Waals surface area contributed by atoms with Crippen LogP contribution >= 0.6 is 0 Å². The number of ether oxygens (including phenoxy) is 1. The summed E-state index contributed by atoms with van der Waals surface area (Å²) in [6, 6.07) is 3.82. The number of rotatable bonds is 6. The van der Waals surface area contributed by atoms with Crippen LogP contribution in [-0.2, 0) is 20.7 Å². The number of aryl methyl sites for hydroxylation is 1. The molecule has 0 unspecified atom stereocenters. The Hall–Kier alpha value is -1.97. The first-order chi connectivity index (χ1) is 9.35. The van der Waals surface area contributed by atoms with E-state index in [1.807, 2.05) is 26.0 Å². The first-order valence-electron chi connectivity index (χ1n) is 6.57. The van der Waals surface area contributed by atoms with E-state index in [1.165, 1.54) is 20.1 Å². The number of esters is 1. The fourth-order valence-corrected chi connectivity index (χ4v) is 1.72. The zero-order chi connectivity index (χ0) is 15.2. The molecule has 0 radical (unpaired) electrons. The molecule has 0 aliphatic rings. The number of carbonyl (C=O) groups is 2. The van der Waals surface area contributed by atoms with Gasteiger partial charge in [-0.15, -0.1) is 0 Å². The van der Waals surface area contributed by atoms with Crippen molar-refractivity contribution in [2.24, 2.45) is 5.41 Å². The summed E-state index contributed by atoms with van der Waals surface area (Å²) in [5.41, 5.74) is 1.31. The van der Waals surface area contributed by atoms with Gasteiger partial charge in [0.2, 0.25) is 0 Å². The highest BCUT2D eigenvalue weighted by Gasteiger charge is 2.28. The van der Waals surface area contributed by atoms with Crippen molar-refractivity contribution >= 4 is 17.8 Å². The third-order valence-electron chi connectivity index (χ3n) is 3.11. The Labute approximate surface area is 119 Å². The van der Waals surface area contributed by atoms with E-state index < -0.39 is 5.41 Å². The third-order valence-corrected chi connectivity index (χ3v) is 3.11. The van der Waals surface area contributed by atoms with Crippen LogP contribution in [0.4, 0.5) is 0 Å². The van der Waals surface area contributed by atoms with Gasteiger partial charge >= 0.3 is 5.97 Å². The summed E-state index contributed by atoms with van der Waals surface area (Å²) in [5.74, 6) is -0.206. The van der Waals surface area contributed by atoms with Crippen LogP contribution in [0.15, 0.2) is 24.4 Å². The van der Waals surface area contributed by atoms with Crippen LogP contribution in [0, 0.1) is 5.41 Å². The Morgan fingerprint density at radius 2 is 2.05 bits per heavy atom. The molecular formula is C16H21NO3. The fraction of sp³-hybridized carbons (Fsp3) is 0.438. The number of pyridine rings is 1. The van der Waals surface area contributed by atoms with Crippen LogP contribution in [0.25, 0.3) is 6.08 Å². The lowest BCUT2D eigenvalue weighted by molar-refractivity contribution is -0.151. The molecule has 0 fully saturated rings. The average Bonchev–Trinajstić information content (AvgIpc) is 2.43. The Morgan fingerprint density at radius 1 is 1.35 bits per heavy atom. The molecule has 0 aliphatic heterocycles. The van der Waals surface area contributed by atoms with Gasteiger partial charge in [-0.3, -0.25) is 14.6 Å². The Morgan fingerprint density at radius 3 is 2.55 bits per heavy atom.